The number of hydrogen-bond acceptors (Lipinski definition) is 5. The van der Waals surface area contributed by atoms with Crippen molar-refractivity contribution in [1.29, 1.82) is 0 Å². The fourth-order valence-electron chi connectivity index (χ4n) is 2.68. The predicted octanol–water partition coefficient (Wildman–Crippen LogP) is 2.62. The van der Waals surface area contributed by atoms with Crippen LogP contribution in [0.15, 0.2) is 61.1 Å². The minimum absolute atomic E-state index is 0.114. The van der Waals surface area contributed by atoms with Gasteiger partial charge in [0.1, 0.15) is 0 Å². The van der Waals surface area contributed by atoms with E-state index in [1.165, 1.54) is 12.4 Å². The van der Waals surface area contributed by atoms with Gasteiger partial charge >= 0.3 is 0 Å². The molecular weight excluding hydrogens is 314 g/mol. The zero-order valence-electron chi connectivity index (χ0n) is 14.1. The van der Waals surface area contributed by atoms with Gasteiger partial charge in [-0.1, -0.05) is 35.9 Å². The van der Waals surface area contributed by atoms with Crippen LogP contribution in [-0.2, 0) is 0 Å². The predicted molar refractivity (Wildman–Crippen MR) is 95.8 cm³/mol. The van der Waals surface area contributed by atoms with Crippen molar-refractivity contribution in [2.24, 2.45) is 0 Å². The Bertz CT molecular complexity index is 864. The third kappa shape index (κ3) is 3.47. The number of carbonyl (C=O) groups excluding carboxylic acids is 1. The van der Waals surface area contributed by atoms with Gasteiger partial charge < -0.3 is 10.6 Å². The first-order chi connectivity index (χ1) is 12.1. The van der Waals surface area contributed by atoms with E-state index in [0.717, 1.165) is 16.8 Å². The molecule has 0 aliphatic heterocycles. The van der Waals surface area contributed by atoms with Gasteiger partial charge in [0.2, 0.25) is 0 Å². The number of nitrogen functional groups attached to an aromatic ring is 1. The van der Waals surface area contributed by atoms with Gasteiger partial charge in [-0.2, -0.15) is 0 Å². The van der Waals surface area contributed by atoms with Crippen molar-refractivity contribution in [2.45, 2.75) is 13.0 Å². The molecule has 2 heterocycles. The Labute approximate surface area is 146 Å². The minimum Gasteiger partial charge on any atom is -0.382 e. The third-order valence-corrected chi connectivity index (χ3v) is 4.00. The maximum atomic E-state index is 12.9. The van der Waals surface area contributed by atoms with Crippen molar-refractivity contribution in [3.05, 3.63) is 83.6 Å². The van der Waals surface area contributed by atoms with E-state index >= 15 is 0 Å². The molecule has 1 atom stereocenters. The zero-order chi connectivity index (χ0) is 17.8. The normalized spacial score (nSPS) is 11.8. The highest BCUT2D eigenvalue weighted by atomic mass is 16.2. The second-order valence-electron chi connectivity index (χ2n) is 5.77. The quantitative estimate of drug-likeness (QED) is 0.793. The Kier molecular flexibility index (Phi) is 4.70. The minimum atomic E-state index is -0.351. The summed E-state index contributed by atoms with van der Waals surface area (Å²) < 4.78 is 0. The second-order valence-corrected chi connectivity index (χ2v) is 5.77. The van der Waals surface area contributed by atoms with Gasteiger partial charge in [0.15, 0.2) is 11.5 Å². The molecule has 2 N–H and O–H groups in total. The molecule has 1 amide bonds. The summed E-state index contributed by atoms with van der Waals surface area (Å²) in [6, 6.07) is 13.3. The van der Waals surface area contributed by atoms with Crippen LogP contribution in [0.1, 0.15) is 33.4 Å². The molecule has 126 valence electrons. The molecule has 2 aromatic heterocycles. The molecule has 0 unspecified atom stereocenters. The van der Waals surface area contributed by atoms with Crippen LogP contribution in [0.25, 0.3) is 0 Å². The molecule has 25 heavy (non-hydrogen) atoms. The summed E-state index contributed by atoms with van der Waals surface area (Å²) in [6.45, 7) is 2.02. The fraction of sp³-hybridized carbons (Fsp3) is 0.158. The Hall–Kier alpha value is -3.28. The number of pyridine rings is 1. The standard InChI is InChI=1S/C19H19N5O/c1-13-6-8-14(9-7-13)17(15-5-3-4-10-21-15)24(2)19(25)16-18(20)23-12-11-22-16/h3-12,17H,1-2H3,(H2,20,23)/t17-/m1/s1. The van der Waals surface area contributed by atoms with E-state index in [1.807, 2.05) is 49.4 Å². The number of benzene rings is 1. The van der Waals surface area contributed by atoms with Gasteiger partial charge in [0, 0.05) is 25.6 Å². The SMILES string of the molecule is Cc1ccc([C@H](c2ccccn2)N(C)C(=O)c2nccnc2N)cc1. The van der Waals surface area contributed by atoms with Crippen molar-refractivity contribution in [3.63, 3.8) is 0 Å². The Morgan fingerprint density at radius 2 is 1.72 bits per heavy atom. The Morgan fingerprint density at radius 1 is 1.00 bits per heavy atom. The van der Waals surface area contributed by atoms with E-state index in [1.54, 1.807) is 18.1 Å². The number of amides is 1. The van der Waals surface area contributed by atoms with Crippen molar-refractivity contribution < 1.29 is 4.79 Å². The maximum Gasteiger partial charge on any atom is 0.276 e. The van der Waals surface area contributed by atoms with Crippen molar-refractivity contribution in [2.75, 3.05) is 12.8 Å². The topological polar surface area (TPSA) is 85.0 Å². The van der Waals surface area contributed by atoms with E-state index in [0.29, 0.717) is 0 Å². The first-order valence-corrected chi connectivity index (χ1v) is 7.89. The number of carbonyl (C=O) groups is 1. The highest BCUT2D eigenvalue weighted by Crippen LogP contribution is 2.28. The van der Waals surface area contributed by atoms with E-state index < -0.39 is 0 Å². The van der Waals surface area contributed by atoms with Crippen LogP contribution in [0.2, 0.25) is 0 Å². The number of anilines is 1. The highest BCUT2D eigenvalue weighted by Gasteiger charge is 2.27. The number of aryl methyl sites for hydroxylation is 1. The molecule has 0 saturated carbocycles. The summed E-state index contributed by atoms with van der Waals surface area (Å²) in [6.07, 6.45) is 4.63. The fourth-order valence-corrected chi connectivity index (χ4v) is 2.68. The molecule has 3 rings (SSSR count). The number of nitrogens with two attached hydrogens (primary N) is 1. The van der Waals surface area contributed by atoms with Crippen molar-refractivity contribution in [1.82, 2.24) is 19.9 Å². The first kappa shape index (κ1) is 16.6. The smallest absolute Gasteiger partial charge is 0.276 e. The molecule has 0 saturated heterocycles. The lowest BCUT2D eigenvalue weighted by molar-refractivity contribution is 0.0747. The summed E-state index contributed by atoms with van der Waals surface area (Å²) >= 11 is 0. The summed E-state index contributed by atoms with van der Waals surface area (Å²) in [4.78, 5) is 27.0. The summed E-state index contributed by atoms with van der Waals surface area (Å²) in [5.41, 5.74) is 8.83. The molecule has 6 nitrogen and oxygen atoms in total. The molecule has 0 aliphatic carbocycles. The van der Waals surface area contributed by atoms with Crippen LogP contribution in [0.3, 0.4) is 0 Å². The maximum absolute atomic E-state index is 12.9. The largest absolute Gasteiger partial charge is 0.382 e. The highest BCUT2D eigenvalue weighted by molar-refractivity contribution is 5.96. The van der Waals surface area contributed by atoms with Crippen LogP contribution in [-0.4, -0.2) is 32.8 Å². The molecule has 0 fully saturated rings. The molecule has 3 aromatic rings. The van der Waals surface area contributed by atoms with Crippen molar-refractivity contribution in [3.8, 4) is 0 Å². The van der Waals surface area contributed by atoms with E-state index in [4.69, 9.17) is 5.73 Å². The molecule has 6 heteroatoms. The van der Waals surface area contributed by atoms with Crippen LogP contribution >= 0.6 is 0 Å². The molecule has 0 bridgehead atoms. The molecular formula is C19H19N5O. The van der Waals surface area contributed by atoms with Gasteiger partial charge in [-0.3, -0.25) is 9.78 Å². The van der Waals surface area contributed by atoms with Gasteiger partial charge in [0.05, 0.1) is 11.7 Å². The average Bonchev–Trinajstić information content (AvgIpc) is 2.64. The van der Waals surface area contributed by atoms with E-state index in [2.05, 4.69) is 15.0 Å². The zero-order valence-corrected chi connectivity index (χ0v) is 14.1. The van der Waals surface area contributed by atoms with Gasteiger partial charge in [-0.05, 0) is 24.6 Å². The number of rotatable bonds is 4. The summed E-state index contributed by atoms with van der Waals surface area (Å²) in [7, 11) is 1.72. The molecule has 1 aromatic carbocycles. The number of aromatic nitrogens is 3. The first-order valence-electron chi connectivity index (χ1n) is 7.89. The lowest BCUT2D eigenvalue weighted by atomic mass is 10.00. The van der Waals surface area contributed by atoms with Crippen LogP contribution in [0.4, 0.5) is 5.82 Å². The second kappa shape index (κ2) is 7.09. The van der Waals surface area contributed by atoms with Crippen molar-refractivity contribution >= 4 is 11.7 Å². The van der Waals surface area contributed by atoms with Crippen LogP contribution in [0, 0.1) is 6.92 Å². The van der Waals surface area contributed by atoms with Gasteiger partial charge in [0.25, 0.3) is 5.91 Å². The summed E-state index contributed by atoms with van der Waals surface area (Å²) in [5.74, 6) is -0.190. The van der Waals surface area contributed by atoms with Gasteiger partial charge in [-0.15, -0.1) is 0 Å². The average molecular weight is 333 g/mol. The van der Waals surface area contributed by atoms with Crippen LogP contribution in [0.5, 0.6) is 0 Å². The van der Waals surface area contributed by atoms with Gasteiger partial charge in [-0.25, -0.2) is 9.97 Å². The summed E-state index contributed by atoms with van der Waals surface area (Å²) in [5, 5.41) is 0. The Morgan fingerprint density at radius 3 is 2.36 bits per heavy atom. The molecule has 0 radical (unpaired) electrons. The lowest BCUT2D eigenvalue weighted by Crippen LogP contribution is -2.33. The van der Waals surface area contributed by atoms with E-state index in [-0.39, 0.29) is 23.5 Å². The molecule has 0 spiro atoms. The lowest BCUT2D eigenvalue weighted by Gasteiger charge is -2.28. The molecule has 0 aliphatic rings. The number of hydrogen-bond donors (Lipinski definition) is 1. The monoisotopic (exact) mass is 333 g/mol. The van der Waals surface area contributed by atoms with E-state index in [9.17, 15) is 4.79 Å². The van der Waals surface area contributed by atoms with Crippen LogP contribution < -0.4 is 5.73 Å². The third-order valence-electron chi connectivity index (χ3n) is 4.00. The Balaban J connectivity index is 2.03. The number of nitrogens with zero attached hydrogens (tertiary/aromatic N) is 4.